The predicted octanol–water partition coefficient (Wildman–Crippen LogP) is 0.437. The molecule has 8 heteroatoms. The van der Waals surface area contributed by atoms with Crippen molar-refractivity contribution < 1.29 is 9.53 Å². The van der Waals surface area contributed by atoms with Crippen LogP contribution in [0.2, 0.25) is 0 Å². The van der Waals surface area contributed by atoms with Crippen molar-refractivity contribution in [3.05, 3.63) is 46.0 Å². The Balaban J connectivity index is 1.56. The molecule has 1 amide bonds. The van der Waals surface area contributed by atoms with Gasteiger partial charge in [-0.25, -0.2) is 4.98 Å². The Bertz CT molecular complexity index is 877. The Hall–Kier alpha value is -2.58. The van der Waals surface area contributed by atoms with Gasteiger partial charge in [0.15, 0.2) is 5.82 Å². The number of hydrogen-bond donors (Lipinski definition) is 1. The fourth-order valence-corrected chi connectivity index (χ4v) is 3.64. The molecule has 0 aliphatic carbocycles. The Kier molecular flexibility index (Phi) is 5.00. The van der Waals surface area contributed by atoms with Gasteiger partial charge in [0.25, 0.3) is 5.56 Å². The molecule has 0 bridgehead atoms. The van der Waals surface area contributed by atoms with E-state index >= 15 is 0 Å². The predicted molar refractivity (Wildman–Crippen MR) is 99.1 cm³/mol. The minimum absolute atomic E-state index is 0.0732. The number of H-pyrrole nitrogens is 1. The molecule has 0 saturated carbocycles. The van der Waals surface area contributed by atoms with Crippen LogP contribution in [0.1, 0.15) is 18.2 Å². The van der Waals surface area contributed by atoms with Gasteiger partial charge < -0.3 is 14.6 Å². The molecule has 142 valence electrons. The number of fused-ring (bicyclic) bond motifs is 1. The van der Waals surface area contributed by atoms with Crippen LogP contribution in [-0.4, -0.2) is 69.5 Å². The lowest BCUT2D eigenvalue weighted by molar-refractivity contribution is -0.139. The monoisotopic (exact) mass is 369 g/mol. The van der Waals surface area contributed by atoms with E-state index in [1.807, 2.05) is 19.1 Å². The van der Waals surface area contributed by atoms with Crippen molar-refractivity contribution in [1.82, 2.24) is 24.8 Å². The number of amides is 1. The first kappa shape index (κ1) is 17.8. The number of pyridine rings is 1. The largest absolute Gasteiger partial charge is 0.379 e. The third-order valence-electron chi connectivity index (χ3n) is 5.24. The van der Waals surface area contributed by atoms with Crippen molar-refractivity contribution in [2.45, 2.75) is 25.9 Å². The van der Waals surface area contributed by atoms with E-state index in [-0.39, 0.29) is 17.5 Å². The summed E-state index contributed by atoms with van der Waals surface area (Å²) in [6, 6.07) is 5.26. The molecule has 2 aromatic heterocycles. The third kappa shape index (κ3) is 3.63. The molecule has 2 aliphatic rings. The minimum atomic E-state index is -0.201. The molecule has 1 N–H and O–H groups in total. The van der Waals surface area contributed by atoms with Crippen LogP contribution in [0.5, 0.6) is 0 Å². The molecule has 1 saturated heterocycles. The Morgan fingerprint density at radius 3 is 2.81 bits per heavy atom. The highest BCUT2D eigenvalue weighted by atomic mass is 16.5. The third-order valence-corrected chi connectivity index (χ3v) is 5.24. The summed E-state index contributed by atoms with van der Waals surface area (Å²) in [7, 11) is 0. The number of morpholine rings is 1. The molecule has 1 fully saturated rings. The lowest BCUT2D eigenvalue weighted by atomic mass is 10.0. The summed E-state index contributed by atoms with van der Waals surface area (Å²) in [5.41, 5.74) is 1.79. The summed E-state index contributed by atoms with van der Waals surface area (Å²) in [6.07, 6.45) is 2.18. The van der Waals surface area contributed by atoms with E-state index in [1.165, 1.54) is 0 Å². The number of ether oxygens (including phenoxy) is 1. The summed E-state index contributed by atoms with van der Waals surface area (Å²) in [6.45, 7) is 5.67. The van der Waals surface area contributed by atoms with Gasteiger partial charge in [0.1, 0.15) is 5.69 Å². The second-order valence-electron chi connectivity index (χ2n) is 6.89. The molecular formula is C19H23N5O3. The smallest absolute Gasteiger partial charge is 0.254 e. The number of nitrogens with one attached hydrogen (secondary N) is 1. The molecule has 4 heterocycles. The first-order valence-corrected chi connectivity index (χ1v) is 9.27. The molecule has 0 radical (unpaired) electrons. The molecule has 0 spiro atoms. The summed E-state index contributed by atoms with van der Waals surface area (Å²) >= 11 is 0. The topological polar surface area (TPSA) is 91.4 Å². The Labute approximate surface area is 157 Å². The van der Waals surface area contributed by atoms with E-state index in [4.69, 9.17) is 4.74 Å². The molecule has 0 aromatic carbocycles. The van der Waals surface area contributed by atoms with Crippen LogP contribution in [0, 0.1) is 0 Å². The van der Waals surface area contributed by atoms with Gasteiger partial charge in [-0.15, -0.1) is 0 Å². The van der Waals surface area contributed by atoms with Crippen molar-refractivity contribution >= 4 is 5.91 Å². The lowest BCUT2D eigenvalue weighted by Crippen LogP contribution is -2.52. The van der Waals surface area contributed by atoms with E-state index in [9.17, 15) is 9.59 Å². The van der Waals surface area contributed by atoms with E-state index in [0.29, 0.717) is 55.5 Å². The average molecular weight is 369 g/mol. The number of aromatic nitrogens is 3. The molecule has 4 rings (SSSR count). The van der Waals surface area contributed by atoms with Gasteiger partial charge in [0.2, 0.25) is 5.91 Å². The van der Waals surface area contributed by atoms with Crippen molar-refractivity contribution in [3.8, 4) is 11.5 Å². The molecule has 1 atom stereocenters. The molecule has 27 heavy (non-hydrogen) atoms. The van der Waals surface area contributed by atoms with E-state index < -0.39 is 0 Å². The number of nitrogens with zero attached hydrogens (tertiary/aromatic N) is 4. The summed E-state index contributed by atoms with van der Waals surface area (Å²) in [4.78, 5) is 41.0. The van der Waals surface area contributed by atoms with Gasteiger partial charge in [-0.1, -0.05) is 6.07 Å². The summed E-state index contributed by atoms with van der Waals surface area (Å²) in [5, 5.41) is 0. The van der Waals surface area contributed by atoms with Crippen molar-refractivity contribution in [2.24, 2.45) is 0 Å². The zero-order valence-corrected chi connectivity index (χ0v) is 15.4. The highest BCUT2D eigenvalue weighted by molar-refractivity contribution is 5.81. The fourth-order valence-electron chi connectivity index (χ4n) is 3.64. The van der Waals surface area contributed by atoms with Crippen LogP contribution in [0.4, 0.5) is 0 Å². The van der Waals surface area contributed by atoms with Crippen molar-refractivity contribution in [1.29, 1.82) is 0 Å². The van der Waals surface area contributed by atoms with Gasteiger partial charge in [0, 0.05) is 31.4 Å². The highest BCUT2D eigenvalue weighted by Crippen LogP contribution is 2.19. The molecule has 2 aliphatic heterocycles. The Morgan fingerprint density at radius 1 is 1.26 bits per heavy atom. The van der Waals surface area contributed by atoms with Crippen LogP contribution in [0.15, 0.2) is 29.2 Å². The second-order valence-corrected chi connectivity index (χ2v) is 6.89. The van der Waals surface area contributed by atoms with Gasteiger partial charge in [-0.05, 0) is 25.5 Å². The van der Waals surface area contributed by atoms with Gasteiger partial charge in [0.05, 0.1) is 31.5 Å². The molecule has 2 aromatic rings. The first-order valence-electron chi connectivity index (χ1n) is 9.27. The lowest BCUT2D eigenvalue weighted by Gasteiger charge is -2.36. The van der Waals surface area contributed by atoms with Crippen LogP contribution in [0.3, 0.4) is 0 Å². The maximum Gasteiger partial charge on any atom is 0.254 e. The number of carbonyl (C=O) groups is 1. The quantitative estimate of drug-likeness (QED) is 0.844. The van der Waals surface area contributed by atoms with Crippen molar-refractivity contribution in [2.75, 3.05) is 32.8 Å². The van der Waals surface area contributed by atoms with Gasteiger partial charge in [-0.2, -0.15) is 0 Å². The van der Waals surface area contributed by atoms with Crippen LogP contribution >= 0.6 is 0 Å². The first-order chi connectivity index (χ1) is 13.1. The summed E-state index contributed by atoms with van der Waals surface area (Å²) < 4.78 is 5.37. The number of rotatable bonds is 3. The maximum atomic E-state index is 13.0. The second kappa shape index (κ2) is 7.58. The van der Waals surface area contributed by atoms with Gasteiger partial charge >= 0.3 is 0 Å². The van der Waals surface area contributed by atoms with Crippen LogP contribution in [-0.2, 0) is 22.5 Å². The Morgan fingerprint density at radius 2 is 2.07 bits per heavy atom. The zero-order chi connectivity index (χ0) is 18.8. The maximum absolute atomic E-state index is 13.0. The number of hydrogen-bond acceptors (Lipinski definition) is 6. The standard InChI is InChI=1S/C19H23N5O3/c1-13(23-8-10-27-11-9-23)19(26)24-7-5-14-16(12-24)21-17(22-18(14)25)15-4-2-3-6-20-15/h2-4,6,13H,5,7-12H2,1H3,(H,21,22,25). The molecule has 1 unspecified atom stereocenters. The molecule has 8 nitrogen and oxygen atoms in total. The summed E-state index contributed by atoms with van der Waals surface area (Å²) in [5.74, 6) is 0.513. The van der Waals surface area contributed by atoms with E-state index in [2.05, 4.69) is 19.9 Å². The molecular weight excluding hydrogens is 346 g/mol. The SMILES string of the molecule is CC(C(=O)N1CCc2c(nc(-c3ccccn3)[nH]c2=O)C1)N1CCOCC1. The number of aromatic amines is 1. The highest BCUT2D eigenvalue weighted by Gasteiger charge is 2.30. The zero-order valence-electron chi connectivity index (χ0n) is 15.4. The van der Waals surface area contributed by atoms with E-state index in [0.717, 1.165) is 13.1 Å². The van der Waals surface area contributed by atoms with Crippen LogP contribution in [0.25, 0.3) is 11.5 Å². The van der Waals surface area contributed by atoms with Crippen LogP contribution < -0.4 is 5.56 Å². The normalized spacial score (nSPS) is 18.8. The van der Waals surface area contributed by atoms with Gasteiger partial charge in [-0.3, -0.25) is 19.5 Å². The fraction of sp³-hybridized carbons (Fsp3) is 0.474. The van der Waals surface area contributed by atoms with E-state index in [1.54, 1.807) is 17.2 Å². The minimum Gasteiger partial charge on any atom is -0.379 e. The average Bonchev–Trinajstić information content (AvgIpc) is 2.73. The van der Waals surface area contributed by atoms with Crippen molar-refractivity contribution in [3.63, 3.8) is 0 Å². The number of carbonyl (C=O) groups excluding carboxylic acids is 1.